The third kappa shape index (κ3) is 6.89. The minimum Gasteiger partial charge on any atom is -0.370 e. The lowest BCUT2D eigenvalue weighted by Crippen LogP contribution is -2.39. The number of aliphatic imine (C=N–C) groups is 1. The summed E-state index contributed by atoms with van der Waals surface area (Å²) in [7, 11) is 0. The van der Waals surface area contributed by atoms with Crippen molar-refractivity contribution in [1.29, 1.82) is 0 Å². The highest BCUT2D eigenvalue weighted by Crippen LogP contribution is 2.20. The smallest absolute Gasteiger partial charge is 0.189 e. The summed E-state index contributed by atoms with van der Waals surface area (Å²) < 4.78 is 0. The SMILES string of the molecule is I.NC(=NCc1ccc(N2CCSCC2)cc1)NC1CCCCCC1. The van der Waals surface area contributed by atoms with E-state index >= 15 is 0 Å². The van der Waals surface area contributed by atoms with E-state index in [4.69, 9.17) is 5.73 Å². The summed E-state index contributed by atoms with van der Waals surface area (Å²) in [5, 5.41) is 3.41. The molecule has 0 radical (unpaired) electrons. The van der Waals surface area contributed by atoms with Crippen LogP contribution in [0, 0.1) is 0 Å². The van der Waals surface area contributed by atoms with Gasteiger partial charge in [-0.15, -0.1) is 24.0 Å². The Morgan fingerprint density at radius 1 is 1.08 bits per heavy atom. The van der Waals surface area contributed by atoms with Crippen molar-refractivity contribution in [2.75, 3.05) is 29.5 Å². The predicted octanol–water partition coefficient (Wildman–Crippen LogP) is 3.98. The zero-order chi connectivity index (χ0) is 16.6. The molecule has 1 saturated carbocycles. The monoisotopic (exact) mass is 474 g/mol. The number of anilines is 1. The van der Waals surface area contributed by atoms with Crippen molar-refractivity contribution in [3.05, 3.63) is 29.8 Å². The molecule has 1 saturated heterocycles. The molecule has 25 heavy (non-hydrogen) atoms. The van der Waals surface area contributed by atoms with Gasteiger partial charge in [0.2, 0.25) is 0 Å². The van der Waals surface area contributed by atoms with E-state index in [1.165, 1.54) is 61.3 Å². The fraction of sp³-hybridized carbons (Fsp3) is 0.632. The zero-order valence-corrected chi connectivity index (χ0v) is 18.1. The van der Waals surface area contributed by atoms with Gasteiger partial charge in [-0.25, -0.2) is 4.99 Å². The van der Waals surface area contributed by atoms with Crippen LogP contribution in [-0.4, -0.2) is 36.6 Å². The van der Waals surface area contributed by atoms with Gasteiger partial charge < -0.3 is 16.0 Å². The number of benzene rings is 1. The lowest BCUT2D eigenvalue weighted by Gasteiger charge is -2.28. The first-order valence-electron chi connectivity index (χ1n) is 9.29. The van der Waals surface area contributed by atoms with E-state index in [9.17, 15) is 0 Å². The highest BCUT2D eigenvalue weighted by atomic mass is 127. The van der Waals surface area contributed by atoms with Crippen molar-refractivity contribution in [2.24, 2.45) is 10.7 Å². The summed E-state index contributed by atoms with van der Waals surface area (Å²) in [6, 6.07) is 9.31. The molecule has 3 rings (SSSR count). The van der Waals surface area contributed by atoms with Gasteiger partial charge in [0.05, 0.1) is 6.54 Å². The highest BCUT2D eigenvalue weighted by Gasteiger charge is 2.12. The van der Waals surface area contributed by atoms with Crippen LogP contribution in [-0.2, 0) is 6.54 Å². The van der Waals surface area contributed by atoms with Gasteiger partial charge in [-0.2, -0.15) is 11.8 Å². The van der Waals surface area contributed by atoms with Crippen molar-refractivity contribution in [3.63, 3.8) is 0 Å². The van der Waals surface area contributed by atoms with Crippen LogP contribution in [0.2, 0.25) is 0 Å². The maximum atomic E-state index is 6.08. The van der Waals surface area contributed by atoms with E-state index in [-0.39, 0.29) is 24.0 Å². The lowest BCUT2D eigenvalue weighted by molar-refractivity contribution is 0.530. The second kappa shape index (κ2) is 11.2. The molecule has 3 N–H and O–H groups in total. The number of rotatable bonds is 4. The van der Waals surface area contributed by atoms with Crippen molar-refractivity contribution in [2.45, 2.75) is 51.1 Å². The van der Waals surface area contributed by atoms with Crippen molar-refractivity contribution < 1.29 is 0 Å². The molecule has 1 aliphatic heterocycles. The number of nitrogens with one attached hydrogen (secondary N) is 1. The summed E-state index contributed by atoms with van der Waals surface area (Å²) in [6.45, 7) is 2.96. The number of halogens is 1. The molecular weight excluding hydrogens is 443 g/mol. The van der Waals surface area contributed by atoms with Crippen LogP contribution >= 0.6 is 35.7 Å². The molecule has 0 bridgehead atoms. The van der Waals surface area contributed by atoms with Crippen molar-refractivity contribution in [3.8, 4) is 0 Å². The fourth-order valence-electron chi connectivity index (χ4n) is 3.49. The fourth-order valence-corrected chi connectivity index (χ4v) is 4.39. The number of thioether (sulfide) groups is 1. The molecule has 0 atom stereocenters. The molecule has 0 spiro atoms. The molecule has 6 heteroatoms. The minimum atomic E-state index is 0. The summed E-state index contributed by atoms with van der Waals surface area (Å²) in [4.78, 5) is 6.99. The average Bonchev–Trinajstić information content (AvgIpc) is 2.90. The van der Waals surface area contributed by atoms with Crippen LogP contribution < -0.4 is 16.0 Å². The number of hydrogen-bond donors (Lipinski definition) is 2. The largest absolute Gasteiger partial charge is 0.370 e. The van der Waals surface area contributed by atoms with Gasteiger partial charge in [0.25, 0.3) is 0 Å². The topological polar surface area (TPSA) is 53.6 Å². The van der Waals surface area contributed by atoms with E-state index in [0.29, 0.717) is 18.5 Å². The third-order valence-corrected chi connectivity index (χ3v) is 5.89. The first kappa shape index (κ1) is 20.7. The quantitative estimate of drug-likeness (QED) is 0.300. The minimum absolute atomic E-state index is 0. The Morgan fingerprint density at radius 3 is 2.36 bits per heavy atom. The van der Waals surface area contributed by atoms with Gasteiger partial charge >= 0.3 is 0 Å². The van der Waals surface area contributed by atoms with Crippen LogP contribution in [0.5, 0.6) is 0 Å². The van der Waals surface area contributed by atoms with Crippen LogP contribution in [0.1, 0.15) is 44.1 Å². The van der Waals surface area contributed by atoms with E-state index in [0.717, 1.165) is 13.1 Å². The van der Waals surface area contributed by atoms with Crippen LogP contribution in [0.3, 0.4) is 0 Å². The van der Waals surface area contributed by atoms with Crippen molar-refractivity contribution >= 4 is 47.4 Å². The second-order valence-corrected chi connectivity index (χ2v) is 8.02. The Bertz CT molecular complexity index is 521. The maximum Gasteiger partial charge on any atom is 0.189 e. The van der Waals surface area contributed by atoms with Gasteiger partial charge in [-0.05, 0) is 30.5 Å². The first-order chi connectivity index (χ1) is 11.8. The van der Waals surface area contributed by atoms with Gasteiger partial charge in [-0.3, -0.25) is 0 Å². The molecule has 0 unspecified atom stereocenters. The number of nitrogens with two attached hydrogens (primary N) is 1. The third-order valence-electron chi connectivity index (χ3n) is 4.95. The number of nitrogens with zero attached hydrogens (tertiary/aromatic N) is 2. The molecule has 1 heterocycles. The molecule has 2 aliphatic rings. The average molecular weight is 474 g/mol. The molecule has 2 fully saturated rings. The standard InChI is InChI=1S/C19H30N4S.HI/c20-19(22-17-5-3-1-2-4-6-17)21-15-16-7-9-18(10-8-16)23-11-13-24-14-12-23;/h7-10,17H,1-6,11-15H2,(H3,20,21,22);1H. The Balaban J connectivity index is 0.00000225. The van der Waals surface area contributed by atoms with Crippen LogP contribution in [0.15, 0.2) is 29.3 Å². The molecular formula is C19H31IN4S. The highest BCUT2D eigenvalue weighted by molar-refractivity contribution is 14.0. The normalized spacial score (nSPS) is 19.8. The Morgan fingerprint density at radius 2 is 1.72 bits per heavy atom. The first-order valence-corrected chi connectivity index (χ1v) is 10.4. The lowest BCUT2D eigenvalue weighted by atomic mass is 10.1. The molecule has 0 amide bonds. The summed E-state index contributed by atoms with van der Waals surface area (Å²) in [5.74, 6) is 3.06. The zero-order valence-electron chi connectivity index (χ0n) is 15.0. The second-order valence-electron chi connectivity index (χ2n) is 6.80. The van der Waals surface area contributed by atoms with Gasteiger partial charge in [0.1, 0.15) is 0 Å². The van der Waals surface area contributed by atoms with E-state index in [1.54, 1.807) is 0 Å². The van der Waals surface area contributed by atoms with Gasteiger partial charge in [0.15, 0.2) is 5.96 Å². The van der Waals surface area contributed by atoms with Crippen molar-refractivity contribution in [1.82, 2.24) is 5.32 Å². The molecule has 1 aliphatic carbocycles. The summed E-state index contributed by atoms with van der Waals surface area (Å²) in [5.41, 5.74) is 8.62. The molecule has 4 nitrogen and oxygen atoms in total. The van der Waals surface area contributed by atoms with E-state index < -0.39 is 0 Å². The van der Waals surface area contributed by atoms with Gasteiger partial charge in [0, 0.05) is 36.3 Å². The Kier molecular flexibility index (Phi) is 9.23. The van der Waals surface area contributed by atoms with E-state index in [2.05, 4.69) is 39.5 Å². The Labute approximate surface area is 173 Å². The molecule has 0 aromatic heterocycles. The van der Waals surface area contributed by atoms with Crippen LogP contribution in [0.25, 0.3) is 0 Å². The summed E-state index contributed by atoms with van der Waals surface area (Å²) in [6.07, 6.45) is 7.77. The molecule has 1 aromatic rings. The molecule has 1 aromatic carbocycles. The van der Waals surface area contributed by atoms with E-state index in [1.807, 2.05) is 11.8 Å². The van der Waals surface area contributed by atoms with Crippen LogP contribution in [0.4, 0.5) is 5.69 Å². The molecule has 140 valence electrons. The Hall–Kier alpha value is -0.630. The number of guanidine groups is 1. The summed E-state index contributed by atoms with van der Waals surface area (Å²) >= 11 is 2.04. The van der Waals surface area contributed by atoms with Gasteiger partial charge in [-0.1, -0.05) is 37.8 Å². The predicted molar refractivity (Wildman–Crippen MR) is 121 cm³/mol. The number of hydrogen-bond acceptors (Lipinski definition) is 3. The maximum absolute atomic E-state index is 6.08.